The van der Waals surface area contributed by atoms with Crippen LogP contribution in [0.5, 0.6) is 0 Å². The Kier molecular flexibility index (Phi) is 5.20. The van der Waals surface area contributed by atoms with E-state index in [1.165, 1.54) is 44.3 Å². The van der Waals surface area contributed by atoms with Crippen molar-refractivity contribution in [2.45, 2.75) is 44.6 Å². The molecule has 21 heavy (non-hydrogen) atoms. The summed E-state index contributed by atoms with van der Waals surface area (Å²) in [5, 5.41) is 0.843. The maximum absolute atomic E-state index is 6.31. The zero-order valence-electron chi connectivity index (χ0n) is 12.8. The number of likely N-dealkylation sites (tertiary alicyclic amines) is 1. The predicted octanol–water partition coefficient (Wildman–Crippen LogP) is 3.72. The SMILES string of the molecule is NC1CC(Cc2cccc(Cl)c2)CN(CC2CCCC2)C1. The van der Waals surface area contributed by atoms with Crippen LogP contribution >= 0.6 is 11.6 Å². The third-order valence-electron chi connectivity index (χ3n) is 5.05. The summed E-state index contributed by atoms with van der Waals surface area (Å²) in [5.41, 5.74) is 7.66. The number of rotatable bonds is 4. The third kappa shape index (κ3) is 4.45. The fraction of sp³-hybridized carbons (Fsp3) is 0.667. The van der Waals surface area contributed by atoms with E-state index in [1.807, 2.05) is 6.07 Å². The number of benzene rings is 1. The van der Waals surface area contributed by atoms with Gasteiger partial charge in [-0.25, -0.2) is 0 Å². The van der Waals surface area contributed by atoms with Crippen LogP contribution in [0.2, 0.25) is 5.02 Å². The highest BCUT2D eigenvalue weighted by Crippen LogP contribution is 2.28. The van der Waals surface area contributed by atoms with Gasteiger partial charge in [0.25, 0.3) is 0 Å². The Morgan fingerprint density at radius 3 is 2.71 bits per heavy atom. The molecule has 2 fully saturated rings. The molecule has 1 aliphatic carbocycles. The molecule has 3 rings (SSSR count). The molecule has 0 aromatic heterocycles. The van der Waals surface area contributed by atoms with Crippen LogP contribution in [0.25, 0.3) is 0 Å². The number of nitrogens with two attached hydrogens (primary N) is 1. The summed E-state index contributed by atoms with van der Waals surface area (Å²) in [4.78, 5) is 2.62. The van der Waals surface area contributed by atoms with Gasteiger partial charge in [-0.3, -0.25) is 0 Å². The Morgan fingerprint density at radius 2 is 1.95 bits per heavy atom. The first kappa shape index (κ1) is 15.3. The van der Waals surface area contributed by atoms with Crippen LogP contribution in [0.4, 0.5) is 0 Å². The fourth-order valence-corrected chi connectivity index (χ4v) is 4.41. The lowest BCUT2D eigenvalue weighted by Crippen LogP contribution is -2.48. The number of hydrogen-bond donors (Lipinski definition) is 1. The molecular formula is C18H27ClN2. The lowest BCUT2D eigenvalue weighted by atomic mass is 9.88. The monoisotopic (exact) mass is 306 g/mol. The first-order valence-corrected chi connectivity index (χ1v) is 8.79. The minimum absolute atomic E-state index is 0.337. The Bertz CT molecular complexity index is 456. The molecule has 2 nitrogen and oxygen atoms in total. The molecule has 0 spiro atoms. The average Bonchev–Trinajstić information content (AvgIpc) is 2.90. The summed E-state index contributed by atoms with van der Waals surface area (Å²) >= 11 is 6.10. The molecular weight excluding hydrogens is 280 g/mol. The second-order valence-electron chi connectivity index (χ2n) is 7.06. The van der Waals surface area contributed by atoms with Crippen molar-refractivity contribution in [3.8, 4) is 0 Å². The fourth-order valence-electron chi connectivity index (χ4n) is 4.20. The normalized spacial score (nSPS) is 28.1. The second-order valence-corrected chi connectivity index (χ2v) is 7.50. The quantitative estimate of drug-likeness (QED) is 0.918. The number of nitrogens with zero attached hydrogens (tertiary/aromatic N) is 1. The van der Waals surface area contributed by atoms with E-state index >= 15 is 0 Å². The summed E-state index contributed by atoms with van der Waals surface area (Å²) in [5.74, 6) is 1.59. The van der Waals surface area contributed by atoms with Gasteiger partial charge in [-0.1, -0.05) is 36.6 Å². The largest absolute Gasteiger partial charge is 0.327 e. The molecule has 1 aromatic carbocycles. The van der Waals surface area contributed by atoms with Gasteiger partial charge in [-0.15, -0.1) is 0 Å². The maximum atomic E-state index is 6.31. The molecule has 1 saturated carbocycles. The van der Waals surface area contributed by atoms with Crippen molar-refractivity contribution < 1.29 is 0 Å². The van der Waals surface area contributed by atoms with Gasteiger partial charge >= 0.3 is 0 Å². The van der Waals surface area contributed by atoms with Crippen LogP contribution in [0.1, 0.15) is 37.7 Å². The molecule has 2 atom stereocenters. The van der Waals surface area contributed by atoms with Gasteiger partial charge in [-0.05, 0) is 55.2 Å². The van der Waals surface area contributed by atoms with Crippen molar-refractivity contribution in [2.24, 2.45) is 17.6 Å². The van der Waals surface area contributed by atoms with E-state index in [0.29, 0.717) is 12.0 Å². The highest BCUT2D eigenvalue weighted by Gasteiger charge is 2.27. The number of halogens is 1. The van der Waals surface area contributed by atoms with Crippen molar-refractivity contribution in [1.82, 2.24) is 4.90 Å². The molecule has 1 aliphatic heterocycles. The smallest absolute Gasteiger partial charge is 0.0408 e. The van der Waals surface area contributed by atoms with Gasteiger partial charge < -0.3 is 10.6 Å². The van der Waals surface area contributed by atoms with E-state index in [2.05, 4.69) is 23.1 Å². The van der Waals surface area contributed by atoms with Crippen LogP contribution in [0, 0.1) is 11.8 Å². The van der Waals surface area contributed by atoms with E-state index in [-0.39, 0.29) is 0 Å². The second kappa shape index (κ2) is 7.13. The maximum Gasteiger partial charge on any atom is 0.0408 e. The van der Waals surface area contributed by atoms with Gasteiger partial charge in [0.05, 0.1) is 0 Å². The highest BCUT2D eigenvalue weighted by atomic mass is 35.5. The van der Waals surface area contributed by atoms with Gasteiger partial charge in [0.2, 0.25) is 0 Å². The van der Waals surface area contributed by atoms with Crippen molar-refractivity contribution >= 4 is 11.6 Å². The lowest BCUT2D eigenvalue weighted by Gasteiger charge is -2.37. The lowest BCUT2D eigenvalue weighted by molar-refractivity contribution is 0.136. The molecule has 0 bridgehead atoms. The molecule has 2 unspecified atom stereocenters. The van der Waals surface area contributed by atoms with Gasteiger partial charge in [0, 0.05) is 30.7 Å². The van der Waals surface area contributed by atoms with Gasteiger partial charge in [0.15, 0.2) is 0 Å². The minimum atomic E-state index is 0.337. The Balaban J connectivity index is 1.57. The van der Waals surface area contributed by atoms with E-state index in [1.54, 1.807) is 0 Å². The van der Waals surface area contributed by atoms with Gasteiger partial charge in [-0.2, -0.15) is 0 Å². The van der Waals surface area contributed by atoms with Crippen molar-refractivity contribution in [2.75, 3.05) is 19.6 Å². The molecule has 1 heterocycles. The molecule has 2 N–H and O–H groups in total. The molecule has 1 aromatic rings. The Labute approximate surface area is 133 Å². The molecule has 3 heteroatoms. The van der Waals surface area contributed by atoms with Gasteiger partial charge in [0.1, 0.15) is 0 Å². The Hall–Kier alpha value is -0.570. The van der Waals surface area contributed by atoms with Crippen LogP contribution in [0.3, 0.4) is 0 Å². The van der Waals surface area contributed by atoms with E-state index in [9.17, 15) is 0 Å². The van der Waals surface area contributed by atoms with Crippen LogP contribution in [0.15, 0.2) is 24.3 Å². The summed E-state index contributed by atoms with van der Waals surface area (Å²) in [6.45, 7) is 3.55. The van der Waals surface area contributed by atoms with E-state index < -0.39 is 0 Å². The summed E-state index contributed by atoms with van der Waals surface area (Å²) in [6.07, 6.45) is 7.95. The Morgan fingerprint density at radius 1 is 1.14 bits per heavy atom. The molecule has 2 aliphatic rings. The van der Waals surface area contributed by atoms with E-state index in [4.69, 9.17) is 17.3 Å². The van der Waals surface area contributed by atoms with Crippen molar-refractivity contribution in [3.63, 3.8) is 0 Å². The van der Waals surface area contributed by atoms with Crippen LogP contribution < -0.4 is 5.73 Å². The summed E-state index contributed by atoms with van der Waals surface area (Å²) < 4.78 is 0. The molecule has 0 amide bonds. The van der Waals surface area contributed by atoms with Crippen molar-refractivity contribution in [1.29, 1.82) is 0 Å². The molecule has 116 valence electrons. The van der Waals surface area contributed by atoms with Crippen molar-refractivity contribution in [3.05, 3.63) is 34.9 Å². The van der Waals surface area contributed by atoms with Crippen LogP contribution in [-0.4, -0.2) is 30.6 Å². The number of piperidine rings is 1. The predicted molar refractivity (Wildman–Crippen MR) is 89.6 cm³/mol. The molecule has 0 radical (unpaired) electrons. The minimum Gasteiger partial charge on any atom is -0.327 e. The summed E-state index contributed by atoms with van der Waals surface area (Å²) in [7, 11) is 0. The zero-order chi connectivity index (χ0) is 14.7. The zero-order valence-corrected chi connectivity index (χ0v) is 13.6. The standard InChI is InChI=1S/C18H27ClN2/c19-17-7-3-6-15(9-17)8-16-10-18(20)13-21(12-16)11-14-4-1-2-5-14/h3,6-7,9,14,16,18H,1-2,4-5,8,10-13,20H2. The third-order valence-corrected chi connectivity index (χ3v) is 5.28. The topological polar surface area (TPSA) is 29.3 Å². The highest BCUT2D eigenvalue weighted by molar-refractivity contribution is 6.30. The van der Waals surface area contributed by atoms with E-state index in [0.717, 1.165) is 30.3 Å². The first-order valence-electron chi connectivity index (χ1n) is 8.41. The molecule has 1 saturated heterocycles. The first-order chi connectivity index (χ1) is 10.2. The summed E-state index contributed by atoms with van der Waals surface area (Å²) in [6, 6.07) is 8.63. The van der Waals surface area contributed by atoms with Crippen LogP contribution in [-0.2, 0) is 6.42 Å². The number of hydrogen-bond acceptors (Lipinski definition) is 2. The average molecular weight is 307 g/mol.